The molecule has 160 valence electrons. The van der Waals surface area contributed by atoms with Gasteiger partial charge in [-0.1, -0.05) is 96.8 Å². The minimum Gasteiger partial charge on any atom is -0.396 e. The van der Waals surface area contributed by atoms with Crippen LogP contribution < -0.4 is 0 Å². The van der Waals surface area contributed by atoms with E-state index in [9.17, 15) is 0 Å². The Morgan fingerprint density at radius 1 is 0.500 bits per heavy atom. The van der Waals surface area contributed by atoms with E-state index in [2.05, 4.69) is 6.92 Å². The molecule has 0 amide bonds. The summed E-state index contributed by atoms with van der Waals surface area (Å²) >= 11 is 0. The fraction of sp³-hybridized carbons (Fsp3) is 1.00. The van der Waals surface area contributed by atoms with Crippen LogP contribution >= 0.6 is 0 Å². The van der Waals surface area contributed by atoms with Crippen molar-refractivity contribution >= 4 is 0 Å². The minimum absolute atomic E-state index is 0.0868. The molecule has 0 aromatic heterocycles. The first-order valence-corrected chi connectivity index (χ1v) is 11.2. The van der Waals surface area contributed by atoms with E-state index in [1.54, 1.807) is 0 Å². The molecule has 4 heteroatoms. The summed E-state index contributed by atoms with van der Waals surface area (Å²) in [5.41, 5.74) is 0. The Bertz CT molecular complexity index is 214. The highest BCUT2D eigenvalue weighted by molar-refractivity contribution is 4.53. The number of hydrogen-bond donors (Lipinski definition) is 4. The molecule has 1 atom stereocenters. The summed E-state index contributed by atoms with van der Waals surface area (Å²) < 4.78 is 0. The molecule has 0 bridgehead atoms. The van der Waals surface area contributed by atoms with E-state index in [1.807, 2.05) is 0 Å². The summed E-state index contributed by atoms with van der Waals surface area (Å²) in [6.45, 7) is 2.82. The number of hydrogen-bond acceptors (Lipinski definition) is 4. The van der Waals surface area contributed by atoms with Crippen LogP contribution in [0.4, 0.5) is 0 Å². The van der Waals surface area contributed by atoms with Gasteiger partial charge in [-0.25, -0.2) is 0 Å². The molecule has 0 aliphatic heterocycles. The average molecular weight is 377 g/mol. The van der Waals surface area contributed by atoms with Crippen LogP contribution in [-0.4, -0.2) is 46.4 Å². The highest BCUT2D eigenvalue weighted by atomic mass is 16.3. The molecule has 4 N–H and O–H groups in total. The van der Waals surface area contributed by atoms with Gasteiger partial charge in [0.05, 0.1) is 12.7 Å². The summed E-state index contributed by atoms with van der Waals surface area (Å²) in [5.74, 6) is 0. The molecule has 0 aliphatic carbocycles. The summed E-state index contributed by atoms with van der Waals surface area (Å²) in [5, 5.41) is 34.7. The van der Waals surface area contributed by atoms with Gasteiger partial charge < -0.3 is 20.4 Å². The monoisotopic (exact) mass is 376 g/mol. The Balaban J connectivity index is 0. The number of rotatable bonds is 19. The highest BCUT2D eigenvalue weighted by Gasteiger charge is 2.00. The smallest absolute Gasteiger partial charge is 0.0770 e. The summed E-state index contributed by atoms with van der Waals surface area (Å²) in [7, 11) is 0. The quantitative estimate of drug-likeness (QED) is 0.240. The second-order valence-electron chi connectivity index (χ2n) is 7.38. The maximum absolute atomic E-state index is 9.08. The first-order valence-electron chi connectivity index (χ1n) is 11.2. The van der Waals surface area contributed by atoms with Gasteiger partial charge in [-0.05, 0) is 19.3 Å². The van der Waals surface area contributed by atoms with Gasteiger partial charge in [-0.2, -0.15) is 0 Å². The Hall–Kier alpha value is -0.160. The summed E-state index contributed by atoms with van der Waals surface area (Å²) in [4.78, 5) is 0. The van der Waals surface area contributed by atoms with Crippen LogP contribution in [-0.2, 0) is 0 Å². The fourth-order valence-corrected chi connectivity index (χ4v) is 2.89. The molecule has 1 unspecified atom stereocenters. The molecule has 0 spiro atoms. The van der Waals surface area contributed by atoms with Crippen molar-refractivity contribution in [3.63, 3.8) is 0 Å². The van der Waals surface area contributed by atoms with Crippen molar-refractivity contribution in [3.05, 3.63) is 0 Å². The van der Waals surface area contributed by atoms with Crippen LogP contribution in [0.5, 0.6) is 0 Å². The van der Waals surface area contributed by atoms with E-state index in [-0.39, 0.29) is 6.61 Å². The van der Waals surface area contributed by atoms with Crippen molar-refractivity contribution in [1.29, 1.82) is 0 Å². The molecular formula is C22H48O4. The van der Waals surface area contributed by atoms with Gasteiger partial charge in [0.25, 0.3) is 0 Å². The maximum atomic E-state index is 9.08. The maximum Gasteiger partial charge on any atom is 0.0770 e. The van der Waals surface area contributed by atoms with Gasteiger partial charge >= 0.3 is 0 Å². The summed E-state index contributed by atoms with van der Waals surface area (Å²) in [6, 6.07) is 0. The van der Waals surface area contributed by atoms with Gasteiger partial charge in [-0.15, -0.1) is 0 Å². The second kappa shape index (κ2) is 27.1. The molecule has 0 saturated heterocycles. The van der Waals surface area contributed by atoms with E-state index in [1.165, 1.54) is 70.6 Å². The molecule has 0 rings (SSSR count). The predicted octanol–water partition coefficient (Wildman–Crippen LogP) is 4.96. The standard InChI is InChI=1S/C12H26O2.C10H22O2/c1-2-3-4-5-6-7-8-9-10-12(14)11-13;11-9-7-5-3-1-2-4-6-8-10-12/h12-14H,2-11H2,1H3;11-12H,1-10H2. The van der Waals surface area contributed by atoms with E-state index in [4.69, 9.17) is 20.4 Å². The molecular weight excluding hydrogens is 328 g/mol. The molecule has 0 fully saturated rings. The molecule has 0 aromatic carbocycles. The van der Waals surface area contributed by atoms with Crippen molar-refractivity contribution < 1.29 is 20.4 Å². The molecule has 0 saturated carbocycles. The Morgan fingerprint density at radius 2 is 0.846 bits per heavy atom. The lowest BCUT2D eigenvalue weighted by Gasteiger charge is -2.06. The predicted molar refractivity (Wildman–Crippen MR) is 111 cm³/mol. The van der Waals surface area contributed by atoms with Crippen LogP contribution in [0, 0.1) is 0 Å². The van der Waals surface area contributed by atoms with Crippen molar-refractivity contribution in [2.75, 3.05) is 19.8 Å². The zero-order valence-corrected chi connectivity index (χ0v) is 17.5. The van der Waals surface area contributed by atoms with Crippen molar-refractivity contribution in [3.8, 4) is 0 Å². The highest BCUT2D eigenvalue weighted by Crippen LogP contribution is 2.10. The van der Waals surface area contributed by atoms with Crippen molar-refractivity contribution in [1.82, 2.24) is 0 Å². The molecule has 0 radical (unpaired) electrons. The third-order valence-corrected chi connectivity index (χ3v) is 4.67. The molecule has 4 nitrogen and oxygen atoms in total. The lowest BCUT2D eigenvalue weighted by atomic mass is 10.1. The Labute approximate surface area is 163 Å². The zero-order valence-electron chi connectivity index (χ0n) is 17.5. The van der Waals surface area contributed by atoms with Crippen molar-refractivity contribution in [2.24, 2.45) is 0 Å². The molecule has 0 aromatic rings. The number of unbranched alkanes of at least 4 members (excludes halogenated alkanes) is 14. The normalized spacial score (nSPS) is 11.9. The van der Waals surface area contributed by atoms with Crippen LogP contribution in [0.15, 0.2) is 0 Å². The minimum atomic E-state index is -0.491. The first-order chi connectivity index (χ1) is 12.7. The van der Waals surface area contributed by atoms with Gasteiger partial charge in [0.15, 0.2) is 0 Å². The SMILES string of the molecule is CCCCCCCCCCC(O)CO.OCCCCCCCCCCO. The lowest BCUT2D eigenvalue weighted by molar-refractivity contribution is 0.0860. The van der Waals surface area contributed by atoms with Crippen LogP contribution in [0.2, 0.25) is 0 Å². The third-order valence-electron chi connectivity index (χ3n) is 4.67. The number of aliphatic hydroxyl groups is 4. The molecule has 0 aliphatic rings. The first kappa shape index (κ1) is 28.1. The van der Waals surface area contributed by atoms with Gasteiger partial charge in [-0.3, -0.25) is 0 Å². The van der Waals surface area contributed by atoms with Crippen molar-refractivity contribution in [2.45, 2.75) is 122 Å². The molecule has 26 heavy (non-hydrogen) atoms. The zero-order chi connectivity index (χ0) is 19.7. The van der Waals surface area contributed by atoms with Crippen LogP contribution in [0.1, 0.15) is 116 Å². The Morgan fingerprint density at radius 3 is 1.19 bits per heavy atom. The van der Waals surface area contributed by atoms with E-state index >= 15 is 0 Å². The lowest BCUT2D eigenvalue weighted by Crippen LogP contribution is -2.10. The van der Waals surface area contributed by atoms with Gasteiger partial charge in [0.1, 0.15) is 0 Å². The van der Waals surface area contributed by atoms with E-state index < -0.39 is 6.10 Å². The third kappa shape index (κ3) is 28.6. The van der Waals surface area contributed by atoms with Gasteiger partial charge in [0.2, 0.25) is 0 Å². The van der Waals surface area contributed by atoms with Gasteiger partial charge in [0, 0.05) is 13.2 Å². The fourth-order valence-electron chi connectivity index (χ4n) is 2.89. The second-order valence-corrected chi connectivity index (χ2v) is 7.38. The van der Waals surface area contributed by atoms with Crippen LogP contribution in [0.25, 0.3) is 0 Å². The van der Waals surface area contributed by atoms with Crippen LogP contribution in [0.3, 0.4) is 0 Å². The van der Waals surface area contributed by atoms with E-state index in [0.29, 0.717) is 13.2 Å². The summed E-state index contributed by atoms with van der Waals surface area (Å²) in [6.07, 6.45) is 19.8. The number of aliphatic hydroxyl groups excluding tert-OH is 4. The van der Waals surface area contributed by atoms with E-state index in [0.717, 1.165) is 38.5 Å². The topological polar surface area (TPSA) is 80.9 Å². The Kier molecular flexibility index (Phi) is 29.2. The molecule has 0 heterocycles. The largest absolute Gasteiger partial charge is 0.396 e. The average Bonchev–Trinajstić information content (AvgIpc) is 2.66.